The van der Waals surface area contributed by atoms with Gasteiger partial charge in [-0.25, -0.2) is 9.78 Å². The second-order valence-electron chi connectivity index (χ2n) is 5.61. The summed E-state index contributed by atoms with van der Waals surface area (Å²) in [5.41, 5.74) is 2.06. The van der Waals surface area contributed by atoms with Crippen LogP contribution in [0.3, 0.4) is 0 Å². The highest BCUT2D eigenvalue weighted by Crippen LogP contribution is 2.21. The normalized spacial score (nSPS) is 10.3. The van der Waals surface area contributed by atoms with E-state index in [1.54, 1.807) is 12.1 Å². The van der Waals surface area contributed by atoms with Crippen LogP contribution in [0.15, 0.2) is 85.1 Å². The lowest BCUT2D eigenvalue weighted by molar-refractivity contribution is -0.124. The molecule has 0 fully saturated rings. The number of hydrogen-bond donors (Lipinski definition) is 1. The molecule has 1 amide bonds. The number of hydrogen-bond acceptors (Lipinski definition) is 4. The van der Waals surface area contributed by atoms with E-state index in [0.29, 0.717) is 0 Å². The fourth-order valence-electron chi connectivity index (χ4n) is 2.54. The lowest BCUT2D eigenvalue weighted by Crippen LogP contribution is -2.33. The number of pyridine rings is 1. The van der Waals surface area contributed by atoms with Gasteiger partial charge in [0.15, 0.2) is 6.61 Å². The summed E-state index contributed by atoms with van der Waals surface area (Å²) in [7, 11) is 0. The number of carbonyl (C=O) groups excluding carboxylic acids is 2. The van der Waals surface area contributed by atoms with Gasteiger partial charge < -0.3 is 10.1 Å². The number of ether oxygens (including phenoxy) is 1. The van der Waals surface area contributed by atoms with Gasteiger partial charge in [0.1, 0.15) is 5.69 Å². The Hall–Kier alpha value is -3.47. The largest absolute Gasteiger partial charge is 0.451 e. The molecule has 0 atom stereocenters. The molecule has 0 radical (unpaired) electrons. The van der Waals surface area contributed by atoms with E-state index in [2.05, 4.69) is 10.3 Å². The van der Waals surface area contributed by atoms with Gasteiger partial charge in [0.25, 0.3) is 5.91 Å². The number of carbonyl (C=O) groups is 2. The van der Waals surface area contributed by atoms with Crippen molar-refractivity contribution in [3.05, 3.63) is 102 Å². The van der Waals surface area contributed by atoms with Crippen LogP contribution in [0, 0.1) is 0 Å². The van der Waals surface area contributed by atoms with Crippen LogP contribution in [-0.4, -0.2) is 23.5 Å². The summed E-state index contributed by atoms with van der Waals surface area (Å²) in [4.78, 5) is 28.1. The minimum absolute atomic E-state index is 0.169. The summed E-state index contributed by atoms with van der Waals surface area (Å²) in [6.07, 6.45) is 1.50. The van der Waals surface area contributed by atoms with Crippen LogP contribution < -0.4 is 5.32 Å². The third kappa shape index (κ3) is 4.54. The van der Waals surface area contributed by atoms with E-state index < -0.39 is 5.97 Å². The highest BCUT2D eigenvalue weighted by molar-refractivity contribution is 5.89. The number of nitrogens with one attached hydrogen (secondary N) is 1. The van der Waals surface area contributed by atoms with E-state index in [1.807, 2.05) is 60.7 Å². The molecule has 130 valence electrons. The van der Waals surface area contributed by atoms with Gasteiger partial charge in [0.05, 0.1) is 6.04 Å². The van der Waals surface area contributed by atoms with Gasteiger partial charge in [0.2, 0.25) is 0 Å². The van der Waals surface area contributed by atoms with Crippen molar-refractivity contribution in [1.82, 2.24) is 10.3 Å². The third-order valence-corrected chi connectivity index (χ3v) is 3.78. The molecule has 0 aliphatic rings. The molecule has 0 aliphatic heterocycles. The number of esters is 1. The number of amides is 1. The maximum Gasteiger partial charge on any atom is 0.357 e. The van der Waals surface area contributed by atoms with Gasteiger partial charge in [-0.15, -0.1) is 0 Å². The molecule has 0 aliphatic carbocycles. The molecule has 0 saturated carbocycles. The number of rotatable bonds is 6. The molecule has 1 heterocycles. The van der Waals surface area contributed by atoms with E-state index >= 15 is 0 Å². The number of nitrogens with zero attached hydrogens (tertiary/aromatic N) is 1. The Labute approximate surface area is 151 Å². The summed E-state index contributed by atoms with van der Waals surface area (Å²) >= 11 is 0. The summed E-state index contributed by atoms with van der Waals surface area (Å²) < 4.78 is 5.05. The van der Waals surface area contributed by atoms with Gasteiger partial charge in [-0.1, -0.05) is 66.7 Å². The van der Waals surface area contributed by atoms with Crippen molar-refractivity contribution in [2.75, 3.05) is 6.61 Å². The summed E-state index contributed by atoms with van der Waals surface area (Å²) in [6, 6.07) is 23.9. The zero-order valence-corrected chi connectivity index (χ0v) is 14.0. The molecule has 2 aromatic carbocycles. The van der Waals surface area contributed by atoms with E-state index in [0.717, 1.165) is 11.1 Å². The topological polar surface area (TPSA) is 68.3 Å². The minimum atomic E-state index is -0.628. The van der Waals surface area contributed by atoms with E-state index in [1.165, 1.54) is 12.3 Å². The van der Waals surface area contributed by atoms with Gasteiger partial charge in [-0.05, 0) is 23.3 Å². The van der Waals surface area contributed by atoms with Crippen molar-refractivity contribution >= 4 is 11.9 Å². The molecule has 26 heavy (non-hydrogen) atoms. The van der Waals surface area contributed by atoms with Crippen LogP contribution in [0.4, 0.5) is 0 Å². The maximum absolute atomic E-state index is 12.3. The molecule has 0 bridgehead atoms. The lowest BCUT2D eigenvalue weighted by Gasteiger charge is -2.19. The second-order valence-corrected chi connectivity index (χ2v) is 5.61. The summed E-state index contributed by atoms with van der Waals surface area (Å²) in [5.74, 6) is -1.01. The molecule has 1 aromatic heterocycles. The molecule has 5 nitrogen and oxygen atoms in total. The summed E-state index contributed by atoms with van der Waals surface area (Å²) in [5, 5.41) is 2.92. The summed E-state index contributed by atoms with van der Waals surface area (Å²) in [6.45, 7) is -0.369. The van der Waals surface area contributed by atoms with Crippen molar-refractivity contribution < 1.29 is 14.3 Å². The first-order valence-corrected chi connectivity index (χ1v) is 8.21. The highest BCUT2D eigenvalue weighted by atomic mass is 16.5. The first kappa shape index (κ1) is 17.4. The van der Waals surface area contributed by atoms with Gasteiger partial charge in [0, 0.05) is 6.20 Å². The van der Waals surface area contributed by atoms with Gasteiger partial charge >= 0.3 is 5.97 Å². The monoisotopic (exact) mass is 346 g/mol. The Kier molecular flexibility index (Phi) is 5.72. The highest BCUT2D eigenvalue weighted by Gasteiger charge is 2.18. The smallest absolute Gasteiger partial charge is 0.357 e. The first-order valence-electron chi connectivity index (χ1n) is 8.21. The molecule has 0 unspecified atom stereocenters. The Morgan fingerprint density at radius 1 is 0.846 bits per heavy atom. The third-order valence-electron chi connectivity index (χ3n) is 3.78. The van der Waals surface area contributed by atoms with Crippen molar-refractivity contribution in [3.63, 3.8) is 0 Å². The van der Waals surface area contributed by atoms with Crippen LogP contribution in [-0.2, 0) is 9.53 Å². The molecule has 0 spiro atoms. The fraction of sp³-hybridized carbons (Fsp3) is 0.0952. The fourth-order valence-corrected chi connectivity index (χ4v) is 2.54. The Morgan fingerprint density at radius 2 is 1.42 bits per heavy atom. The van der Waals surface area contributed by atoms with Crippen LogP contribution in [0.5, 0.6) is 0 Å². The number of aromatic nitrogens is 1. The molecule has 1 N–H and O–H groups in total. The van der Waals surface area contributed by atoms with Crippen molar-refractivity contribution in [3.8, 4) is 0 Å². The second kappa shape index (κ2) is 8.58. The molecular weight excluding hydrogens is 328 g/mol. The van der Waals surface area contributed by atoms with E-state index in [9.17, 15) is 9.59 Å². The van der Waals surface area contributed by atoms with Gasteiger partial charge in [-0.3, -0.25) is 4.79 Å². The average Bonchev–Trinajstić information content (AvgIpc) is 2.72. The molecular formula is C21H18N2O3. The standard InChI is InChI=1S/C21H18N2O3/c24-19(15-26-21(25)18-13-7-8-14-22-18)23-20(16-9-3-1-4-10-16)17-11-5-2-6-12-17/h1-14,20H,15H2,(H,23,24). The zero-order valence-electron chi connectivity index (χ0n) is 14.0. The number of benzene rings is 2. The van der Waals surface area contributed by atoms with Crippen molar-refractivity contribution in [1.29, 1.82) is 0 Å². The predicted octanol–water partition coefficient (Wildman–Crippen LogP) is 3.14. The Balaban J connectivity index is 1.67. The van der Waals surface area contributed by atoms with Crippen molar-refractivity contribution in [2.45, 2.75) is 6.04 Å². The molecule has 0 saturated heterocycles. The van der Waals surface area contributed by atoms with E-state index in [-0.39, 0.29) is 24.2 Å². The minimum Gasteiger partial charge on any atom is -0.451 e. The maximum atomic E-state index is 12.3. The molecule has 5 heteroatoms. The Morgan fingerprint density at radius 3 is 1.96 bits per heavy atom. The van der Waals surface area contributed by atoms with Crippen molar-refractivity contribution in [2.24, 2.45) is 0 Å². The quantitative estimate of drug-likeness (QED) is 0.696. The molecule has 3 aromatic rings. The van der Waals surface area contributed by atoms with Crippen LogP contribution in [0.2, 0.25) is 0 Å². The van der Waals surface area contributed by atoms with Crippen LogP contribution in [0.1, 0.15) is 27.7 Å². The molecule has 3 rings (SSSR count). The first-order chi connectivity index (χ1) is 12.7. The SMILES string of the molecule is O=C(COC(=O)c1ccccn1)NC(c1ccccc1)c1ccccc1. The van der Waals surface area contributed by atoms with Crippen LogP contribution in [0.25, 0.3) is 0 Å². The lowest BCUT2D eigenvalue weighted by atomic mass is 9.99. The average molecular weight is 346 g/mol. The Bertz CT molecular complexity index is 813. The predicted molar refractivity (Wildman–Crippen MR) is 97.4 cm³/mol. The van der Waals surface area contributed by atoms with Crippen LogP contribution >= 0.6 is 0 Å². The van der Waals surface area contributed by atoms with E-state index in [4.69, 9.17) is 4.74 Å². The zero-order chi connectivity index (χ0) is 18.2. The van der Waals surface area contributed by atoms with Gasteiger partial charge in [-0.2, -0.15) is 0 Å².